The summed E-state index contributed by atoms with van der Waals surface area (Å²) in [4.78, 5) is 32.7. The second kappa shape index (κ2) is 7.81. The van der Waals surface area contributed by atoms with Gasteiger partial charge in [-0.2, -0.15) is 0 Å². The first kappa shape index (κ1) is 19.4. The largest absolute Gasteiger partial charge is 0.338 e. The van der Waals surface area contributed by atoms with Gasteiger partial charge in [0.25, 0.3) is 5.91 Å². The maximum Gasteiger partial charge on any atom is 0.317 e. The molecule has 0 aromatic carbocycles. The quantitative estimate of drug-likeness (QED) is 0.805. The summed E-state index contributed by atoms with van der Waals surface area (Å²) >= 11 is 2.95. The van der Waals surface area contributed by atoms with E-state index in [0.29, 0.717) is 38.3 Å². The lowest BCUT2D eigenvalue weighted by molar-refractivity contribution is 0.0754. The number of thiophene rings is 1. The smallest absolute Gasteiger partial charge is 0.317 e. The summed E-state index contributed by atoms with van der Waals surface area (Å²) in [5, 5.41) is 6.86. The van der Waals surface area contributed by atoms with Crippen LogP contribution in [0.15, 0.2) is 29.1 Å². The van der Waals surface area contributed by atoms with Crippen molar-refractivity contribution >= 4 is 34.8 Å². The van der Waals surface area contributed by atoms with Crippen molar-refractivity contribution in [3.05, 3.63) is 39.5 Å². The number of likely N-dealkylation sites (tertiary alicyclic amines) is 2. The van der Waals surface area contributed by atoms with E-state index in [0.717, 1.165) is 11.4 Å². The maximum atomic E-state index is 12.8. The third kappa shape index (κ3) is 3.78. The van der Waals surface area contributed by atoms with Gasteiger partial charge >= 0.3 is 6.03 Å². The molecule has 2 aromatic heterocycles. The van der Waals surface area contributed by atoms with E-state index in [2.05, 4.69) is 28.7 Å². The fourth-order valence-corrected chi connectivity index (χ4v) is 5.68. The van der Waals surface area contributed by atoms with Gasteiger partial charge in [0.2, 0.25) is 0 Å². The van der Waals surface area contributed by atoms with Gasteiger partial charge in [-0.1, -0.05) is 6.07 Å². The number of nitrogens with one attached hydrogen (secondary N) is 1. The maximum absolute atomic E-state index is 12.8. The summed E-state index contributed by atoms with van der Waals surface area (Å²) in [6.07, 6.45) is 1.64. The Morgan fingerprint density at radius 1 is 1.32 bits per heavy atom. The second-order valence-corrected chi connectivity index (χ2v) is 9.70. The van der Waals surface area contributed by atoms with E-state index in [9.17, 15) is 9.59 Å². The molecule has 3 amide bonds. The topological polar surface area (TPSA) is 68.8 Å². The second-order valence-electron chi connectivity index (χ2n) is 8.01. The van der Waals surface area contributed by atoms with Crippen LogP contribution in [0.2, 0.25) is 0 Å². The van der Waals surface area contributed by atoms with Gasteiger partial charge in [0, 0.05) is 54.3 Å². The zero-order chi connectivity index (χ0) is 19.7. The summed E-state index contributed by atoms with van der Waals surface area (Å²) in [5.74, 6) is 0.341. The number of carbonyl (C=O) groups is 2. The fraction of sp³-hybridized carbons (Fsp3) is 0.526. The van der Waals surface area contributed by atoms with Crippen molar-refractivity contribution in [1.29, 1.82) is 0 Å². The number of hydrogen-bond donors (Lipinski definition) is 1. The molecule has 4 rings (SSSR count). The van der Waals surface area contributed by atoms with Crippen molar-refractivity contribution in [2.24, 2.45) is 11.3 Å². The predicted molar refractivity (Wildman–Crippen MR) is 111 cm³/mol. The molecular formula is C19H25N5O2S2. The van der Waals surface area contributed by atoms with E-state index in [1.54, 1.807) is 22.9 Å². The number of amides is 3. The lowest BCUT2D eigenvalue weighted by Gasteiger charge is -2.32. The van der Waals surface area contributed by atoms with Gasteiger partial charge in [-0.15, -0.1) is 11.3 Å². The van der Waals surface area contributed by atoms with Crippen LogP contribution >= 0.6 is 22.9 Å². The molecule has 7 nitrogen and oxygen atoms in total. The van der Waals surface area contributed by atoms with Gasteiger partial charge < -0.3 is 20.0 Å². The van der Waals surface area contributed by atoms with Gasteiger partial charge in [-0.05, 0) is 37.1 Å². The molecule has 0 aliphatic carbocycles. The Kier molecular flexibility index (Phi) is 5.39. The van der Waals surface area contributed by atoms with Gasteiger partial charge in [0.15, 0.2) is 0 Å². The number of urea groups is 1. The standard InChI is InChI=1S/C19H25N5O2S2/c1-22(2)11-19-12-23(17(25)14-6-21-28-10-14)8-15(19)9-24(13-19)18(26)20-7-16-4-3-5-27-16/h3-6,10,15H,7-9,11-13H2,1-2H3,(H,20,26). The normalized spacial score (nSPS) is 24.0. The van der Waals surface area contributed by atoms with E-state index in [1.165, 1.54) is 11.5 Å². The zero-order valence-electron chi connectivity index (χ0n) is 16.1. The highest BCUT2D eigenvalue weighted by atomic mass is 32.1. The first-order chi connectivity index (χ1) is 13.5. The molecule has 9 heteroatoms. The van der Waals surface area contributed by atoms with E-state index in [-0.39, 0.29) is 23.3 Å². The average molecular weight is 420 g/mol. The van der Waals surface area contributed by atoms with Crippen molar-refractivity contribution in [1.82, 2.24) is 24.4 Å². The number of carbonyl (C=O) groups excluding carboxylic acids is 2. The van der Waals surface area contributed by atoms with Crippen LogP contribution in [0.5, 0.6) is 0 Å². The Labute approximate surface area is 173 Å². The molecule has 150 valence electrons. The SMILES string of the molecule is CN(C)CC12CN(C(=O)NCc3cccs3)CC1CN(C(=O)c1cnsc1)C2. The first-order valence-corrected chi connectivity index (χ1v) is 11.1. The van der Waals surface area contributed by atoms with Crippen LogP contribution < -0.4 is 5.32 Å². The van der Waals surface area contributed by atoms with Crippen LogP contribution in [0, 0.1) is 11.3 Å². The van der Waals surface area contributed by atoms with Crippen LogP contribution in [0.25, 0.3) is 0 Å². The highest BCUT2D eigenvalue weighted by molar-refractivity contribution is 7.09. The van der Waals surface area contributed by atoms with E-state index < -0.39 is 0 Å². The van der Waals surface area contributed by atoms with E-state index in [1.807, 2.05) is 27.3 Å². The lowest BCUT2D eigenvalue weighted by Crippen LogP contribution is -2.45. The van der Waals surface area contributed by atoms with Crippen molar-refractivity contribution in [2.75, 3.05) is 46.8 Å². The minimum atomic E-state index is -0.0805. The summed E-state index contributed by atoms with van der Waals surface area (Å²) in [6, 6.07) is 4.01. The Morgan fingerprint density at radius 2 is 2.11 bits per heavy atom. The Hall–Kier alpha value is -1.97. The minimum Gasteiger partial charge on any atom is -0.338 e. The van der Waals surface area contributed by atoms with Crippen LogP contribution in [-0.4, -0.2) is 77.8 Å². The minimum absolute atomic E-state index is 0.0131. The van der Waals surface area contributed by atoms with Crippen molar-refractivity contribution < 1.29 is 9.59 Å². The van der Waals surface area contributed by atoms with Gasteiger partial charge in [0.05, 0.1) is 18.3 Å². The Bertz CT molecular complexity index is 824. The highest BCUT2D eigenvalue weighted by Crippen LogP contribution is 2.43. The number of rotatable bonds is 5. The Morgan fingerprint density at radius 3 is 2.79 bits per heavy atom. The van der Waals surface area contributed by atoms with Crippen LogP contribution in [0.4, 0.5) is 4.79 Å². The number of hydrogen-bond acceptors (Lipinski definition) is 6. The molecule has 4 heterocycles. The van der Waals surface area contributed by atoms with Crippen LogP contribution in [0.1, 0.15) is 15.2 Å². The highest BCUT2D eigenvalue weighted by Gasteiger charge is 2.54. The van der Waals surface area contributed by atoms with Crippen molar-refractivity contribution in [3.8, 4) is 0 Å². The first-order valence-electron chi connectivity index (χ1n) is 9.35. The number of nitrogens with zero attached hydrogens (tertiary/aromatic N) is 4. The molecule has 2 aromatic rings. The zero-order valence-corrected chi connectivity index (χ0v) is 17.8. The third-order valence-electron chi connectivity index (χ3n) is 5.64. The monoisotopic (exact) mass is 419 g/mol. The average Bonchev–Trinajstić information content (AvgIpc) is 3.40. The van der Waals surface area contributed by atoms with E-state index >= 15 is 0 Å². The molecule has 0 bridgehead atoms. The number of fused-ring (bicyclic) bond motifs is 1. The fourth-order valence-electron chi connectivity index (χ4n) is 4.52. The lowest BCUT2D eigenvalue weighted by atomic mass is 9.80. The molecule has 0 radical (unpaired) electrons. The molecule has 2 unspecified atom stereocenters. The summed E-state index contributed by atoms with van der Waals surface area (Å²) in [7, 11) is 4.11. The molecule has 2 fully saturated rings. The van der Waals surface area contributed by atoms with Crippen LogP contribution in [0.3, 0.4) is 0 Å². The van der Waals surface area contributed by atoms with Crippen molar-refractivity contribution in [3.63, 3.8) is 0 Å². The molecule has 1 N–H and O–H groups in total. The summed E-state index contributed by atoms with van der Waals surface area (Å²) in [5.41, 5.74) is 0.582. The predicted octanol–water partition coefficient (Wildman–Crippen LogP) is 2.05. The van der Waals surface area contributed by atoms with Gasteiger partial charge in [0.1, 0.15) is 0 Å². The van der Waals surface area contributed by atoms with Crippen LogP contribution in [-0.2, 0) is 6.54 Å². The Balaban J connectivity index is 1.43. The molecule has 2 aliphatic rings. The molecular weight excluding hydrogens is 394 g/mol. The number of aromatic nitrogens is 1. The molecule has 2 atom stereocenters. The molecule has 0 spiro atoms. The van der Waals surface area contributed by atoms with E-state index in [4.69, 9.17) is 0 Å². The summed E-state index contributed by atoms with van der Waals surface area (Å²) in [6.45, 7) is 4.16. The third-order valence-corrected chi connectivity index (χ3v) is 7.10. The van der Waals surface area contributed by atoms with Gasteiger partial charge in [-0.25, -0.2) is 9.17 Å². The molecule has 2 saturated heterocycles. The molecule has 28 heavy (non-hydrogen) atoms. The molecule has 0 saturated carbocycles. The van der Waals surface area contributed by atoms with Crippen molar-refractivity contribution in [2.45, 2.75) is 6.54 Å². The van der Waals surface area contributed by atoms with Gasteiger partial charge in [-0.3, -0.25) is 4.79 Å². The molecule has 2 aliphatic heterocycles. The summed E-state index contributed by atoms with van der Waals surface area (Å²) < 4.78 is 4.05.